The van der Waals surface area contributed by atoms with Crippen LogP contribution in [0.5, 0.6) is 0 Å². The van der Waals surface area contributed by atoms with E-state index in [-0.39, 0.29) is 23.5 Å². The van der Waals surface area contributed by atoms with Gasteiger partial charge in [0.1, 0.15) is 11.9 Å². The maximum Gasteiger partial charge on any atom is 0.261 e. The summed E-state index contributed by atoms with van der Waals surface area (Å²) in [6.45, 7) is 7.55. The maximum atomic E-state index is 13.7. The van der Waals surface area contributed by atoms with E-state index in [1.807, 2.05) is 24.3 Å². The Balaban J connectivity index is 1.32. The number of carbonyl (C=O) groups is 1. The van der Waals surface area contributed by atoms with Gasteiger partial charge in [-0.05, 0) is 37.7 Å². The predicted octanol–water partition coefficient (Wildman–Crippen LogP) is 9.17. The van der Waals surface area contributed by atoms with Crippen LogP contribution in [-0.2, 0) is 19.6 Å². The molecule has 1 saturated carbocycles. The molecule has 0 heterocycles. The molecule has 0 spiro atoms. The fraction of sp³-hybridized carbons (Fsp3) is 0.213. The van der Waals surface area contributed by atoms with Crippen molar-refractivity contribution < 1.29 is 14.0 Å². The number of ether oxygens (including phenoxy) is 1. The van der Waals surface area contributed by atoms with Crippen molar-refractivity contribution in [3.8, 4) is 0 Å². The maximum absolute atomic E-state index is 13.7. The van der Waals surface area contributed by atoms with Crippen molar-refractivity contribution in [3.63, 3.8) is 0 Å². The van der Waals surface area contributed by atoms with Crippen molar-refractivity contribution >= 4 is 25.0 Å². The van der Waals surface area contributed by atoms with Crippen molar-refractivity contribution in [3.05, 3.63) is 204 Å². The third-order valence-electron chi connectivity index (χ3n) is 10.9. The van der Waals surface area contributed by atoms with Crippen molar-refractivity contribution in [2.75, 3.05) is 13.2 Å². The minimum atomic E-state index is -2.85. The van der Waals surface area contributed by atoms with Gasteiger partial charge in [-0.3, -0.25) is 0 Å². The highest BCUT2D eigenvalue weighted by Gasteiger charge is 2.67. The van der Waals surface area contributed by atoms with Gasteiger partial charge in [0, 0.05) is 18.4 Å². The molecule has 4 heteroatoms. The summed E-state index contributed by atoms with van der Waals surface area (Å²) in [7, 11) is -2.85. The summed E-state index contributed by atoms with van der Waals surface area (Å²) in [5.41, 5.74) is 2.44. The van der Waals surface area contributed by atoms with Crippen molar-refractivity contribution in [2.45, 2.75) is 37.3 Å². The van der Waals surface area contributed by atoms with E-state index in [1.165, 1.54) is 10.4 Å². The molecule has 0 unspecified atom stereocenters. The van der Waals surface area contributed by atoms with Gasteiger partial charge >= 0.3 is 0 Å². The summed E-state index contributed by atoms with van der Waals surface area (Å²) < 4.78 is 14.9. The van der Waals surface area contributed by atoms with Gasteiger partial charge in [-0.1, -0.05) is 203 Å². The second-order valence-electron chi connectivity index (χ2n) is 14.8. The number of aldehydes is 1. The lowest BCUT2D eigenvalue weighted by atomic mass is 9.80. The Bertz CT molecular complexity index is 1860. The molecule has 256 valence electrons. The minimum absolute atomic E-state index is 0.0607. The van der Waals surface area contributed by atoms with E-state index >= 15 is 0 Å². The highest BCUT2D eigenvalue weighted by Crippen LogP contribution is 2.65. The molecule has 6 aromatic carbocycles. The number of rotatable bonds is 13. The highest BCUT2D eigenvalue weighted by molar-refractivity contribution is 6.99. The van der Waals surface area contributed by atoms with Crippen molar-refractivity contribution in [2.24, 2.45) is 11.3 Å². The van der Waals surface area contributed by atoms with E-state index in [0.29, 0.717) is 6.61 Å². The molecule has 0 saturated heterocycles. The summed E-state index contributed by atoms with van der Waals surface area (Å²) in [6, 6.07) is 63.0. The zero-order chi connectivity index (χ0) is 35.4. The molecule has 0 N–H and O–H groups in total. The Labute approximate surface area is 304 Å². The predicted molar refractivity (Wildman–Crippen MR) is 210 cm³/mol. The van der Waals surface area contributed by atoms with Crippen LogP contribution in [0.1, 0.15) is 48.9 Å². The quantitative estimate of drug-likeness (QED) is 0.0691. The summed E-state index contributed by atoms with van der Waals surface area (Å²) in [5, 5.41) is 2.27. The van der Waals surface area contributed by atoms with Gasteiger partial charge in [0.15, 0.2) is 0 Å². The van der Waals surface area contributed by atoms with E-state index in [2.05, 4.69) is 178 Å². The summed E-state index contributed by atoms with van der Waals surface area (Å²) in [5.74, 6) is -0.145. The van der Waals surface area contributed by atoms with E-state index in [0.717, 1.165) is 28.5 Å². The van der Waals surface area contributed by atoms with Crippen LogP contribution in [-0.4, -0.2) is 27.8 Å². The lowest BCUT2D eigenvalue weighted by Crippen LogP contribution is -2.66. The Hall–Kier alpha value is -4.87. The molecular weight excluding hydrogens is 641 g/mol. The van der Waals surface area contributed by atoms with Gasteiger partial charge in [-0.15, -0.1) is 0 Å². The smallest absolute Gasteiger partial charge is 0.261 e. The normalized spacial score (nSPS) is 19.0. The van der Waals surface area contributed by atoms with Gasteiger partial charge in [-0.25, -0.2) is 0 Å². The number of carbonyl (C=O) groups excluding carboxylic acids is 1. The molecule has 0 bridgehead atoms. The molecule has 0 radical (unpaired) electrons. The molecule has 0 aromatic heterocycles. The Morgan fingerprint density at radius 1 is 0.569 bits per heavy atom. The van der Waals surface area contributed by atoms with Crippen LogP contribution in [0, 0.1) is 11.3 Å². The molecule has 1 aliphatic rings. The largest absolute Gasteiger partial charge is 0.407 e. The average Bonchev–Trinajstić information content (AvgIpc) is 3.84. The third-order valence-corrected chi connectivity index (χ3v) is 15.9. The Morgan fingerprint density at radius 2 is 0.941 bits per heavy atom. The minimum Gasteiger partial charge on any atom is -0.407 e. The first-order valence-electron chi connectivity index (χ1n) is 17.9. The fourth-order valence-corrected chi connectivity index (χ4v) is 12.9. The molecule has 51 heavy (non-hydrogen) atoms. The molecule has 1 aliphatic carbocycles. The zero-order valence-electron chi connectivity index (χ0n) is 29.7. The standard InChI is InChI=1S/C47H46O3Si/c1-45(2,3)51(41-30-18-8-19-31-41,42-32-20-9-21-33-42)50-34-43-44(37-22-10-4-11-23-37)46(43,35-48)36-49-47(38-24-12-5-13-25-38,39-26-14-6-15-27-39)40-28-16-7-17-29-40/h4-33,35,43-44H,34,36H2,1-3H3/t43-,44-,46-/m1/s1. The van der Waals surface area contributed by atoms with Crippen molar-refractivity contribution in [1.82, 2.24) is 0 Å². The molecule has 7 rings (SSSR count). The van der Waals surface area contributed by atoms with E-state index in [4.69, 9.17) is 9.16 Å². The highest BCUT2D eigenvalue weighted by atomic mass is 28.4. The van der Waals surface area contributed by atoms with Gasteiger partial charge in [0.2, 0.25) is 0 Å². The molecule has 0 amide bonds. The fourth-order valence-electron chi connectivity index (χ4n) is 8.36. The first kappa shape index (κ1) is 34.6. The molecule has 3 atom stereocenters. The van der Waals surface area contributed by atoms with Crippen LogP contribution >= 0.6 is 0 Å². The SMILES string of the molecule is CC(C)(C)[Si](OC[C@@H]1[C@@H](c2ccccc2)[C@]1(C=O)COC(c1ccccc1)(c1ccccc1)c1ccccc1)(c1ccccc1)c1ccccc1. The number of benzene rings is 6. The average molecular weight is 687 g/mol. The van der Waals surface area contributed by atoms with Crippen LogP contribution in [0.4, 0.5) is 0 Å². The monoisotopic (exact) mass is 686 g/mol. The van der Waals surface area contributed by atoms with Gasteiger partial charge in [0.25, 0.3) is 8.32 Å². The summed E-state index contributed by atoms with van der Waals surface area (Å²) >= 11 is 0. The van der Waals surface area contributed by atoms with Crippen molar-refractivity contribution in [1.29, 1.82) is 0 Å². The summed E-state index contributed by atoms with van der Waals surface area (Å²) in [4.78, 5) is 13.7. The summed E-state index contributed by atoms with van der Waals surface area (Å²) in [6.07, 6.45) is 1.16. The van der Waals surface area contributed by atoms with Crippen LogP contribution in [0.15, 0.2) is 182 Å². The van der Waals surface area contributed by atoms with Crippen LogP contribution < -0.4 is 10.4 Å². The molecular formula is C47H46O3Si. The molecule has 3 nitrogen and oxygen atoms in total. The van der Waals surface area contributed by atoms with E-state index in [9.17, 15) is 4.79 Å². The van der Waals surface area contributed by atoms with Gasteiger partial charge in [-0.2, -0.15) is 0 Å². The van der Waals surface area contributed by atoms with Gasteiger partial charge in [0.05, 0.1) is 12.0 Å². The topological polar surface area (TPSA) is 35.5 Å². The third kappa shape index (κ3) is 6.22. The Morgan fingerprint density at radius 3 is 1.31 bits per heavy atom. The molecule has 1 fully saturated rings. The first-order valence-corrected chi connectivity index (χ1v) is 19.8. The number of hydrogen-bond donors (Lipinski definition) is 0. The van der Waals surface area contributed by atoms with E-state index < -0.39 is 19.3 Å². The lowest BCUT2D eigenvalue weighted by molar-refractivity contribution is -0.117. The second-order valence-corrected chi connectivity index (χ2v) is 19.1. The Kier molecular flexibility index (Phi) is 9.76. The van der Waals surface area contributed by atoms with Gasteiger partial charge < -0.3 is 14.0 Å². The second kappa shape index (κ2) is 14.4. The van der Waals surface area contributed by atoms with E-state index in [1.54, 1.807) is 0 Å². The molecule has 6 aromatic rings. The number of hydrogen-bond acceptors (Lipinski definition) is 3. The van der Waals surface area contributed by atoms with Crippen LogP contribution in [0.25, 0.3) is 0 Å². The zero-order valence-corrected chi connectivity index (χ0v) is 30.7. The molecule has 0 aliphatic heterocycles. The first-order chi connectivity index (χ1) is 24.9. The van der Waals surface area contributed by atoms with Crippen LogP contribution in [0.2, 0.25) is 5.04 Å². The lowest BCUT2D eigenvalue weighted by Gasteiger charge is -2.43. The van der Waals surface area contributed by atoms with Crippen LogP contribution in [0.3, 0.4) is 0 Å².